The monoisotopic (exact) mass is 349 g/mol. The summed E-state index contributed by atoms with van der Waals surface area (Å²) in [6.07, 6.45) is 0.426. The lowest BCUT2D eigenvalue weighted by atomic mass is 10.0. The predicted octanol–water partition coefficient (Wildman–Crippen LogP) is 1.64. The van der Waals surface area contributed by atoms with Gasteiger partial charge in [0.2, 0.25) is 0 Å². The molecule has 0 radical (unpaired) electrons. The number of Topliss-reactive ketones (excluding diaryl/α,β-unsaturated/α-hetero) is 1. The lowest BCUT2D eigenvalue weighted by molar-refractivity contribution is -0.129. The molecule has 0 aliphatic heterocycles. The first-order valence-electron chi connectivity index (χ1n) is 6.43. The van der Waals surface area contributed by atoms with Gasteiger partial charge in [-0.1, -0.05) is 0 Å². The van der Waals surface area contributed by atoms with Crippen molar-refractivity contribution in [3.8, 4) is 6.07 Å². The van der Waals surface area contributed by atoms with Crippen LogP contribution in [0.15, 0.2) is 31.4 Å². The van der Waals surface area contributed by atoms with Crippen molar-refractivity contribution in [1.29, 1.82) is 5.26 Å². The summed E-state index contributed by atoms with van der Waals surface area (Å²) in [5, 5.41) is 33.8. The van der Waals surface area contributed by atoms with Crippen LogP contribution in [0.2, 0.25) is 0 Å². The topological polar surface area (TPSA) is 170 Å². The summed E-state index contributed by atoms with van der Waals surface area (Å²) in [6.45, 7) is 6.00. The first-order valence-corrected chi connectivity index (χ1v) is 6.43. The van der Waals surface area contributed by atoms with Crippen molar-refractivity contribution in [3.05, 3.63) is 48.0 Å². The minimum atomic E-state index is -1.48. The van der Waals surface area contributed by atoms with Gasteiger partial charge in [0.05, 0.1) is 22.8 Å². The van der Waals surface area contributed by atoms with Crippen molar-refractivity contribution in [3.63, 3.8) is 0 Å². The van der Waals surface area contributed by atoms with E-state index < -0.39 is 34.8 Å². The van der Waals surface area contributed by atoms with Crippen molar-refractivity contribution in [2.24, 2.45) is 0 Å². The highest BCUT2D eigenvalue weighted by molar-refractivity contribution is 6.24. The van der Waals surface area contributed by atoms with Crippen LogP contribution in [0.1, 0.15) is 43.9 Å². The maximum absolute atomic E-state index is 10.6. The third-order valence-corrected chi connectivity index (χ3v) is 2.34. The molecule has 0 saturated heterocycles. The number of rotatable bonds is 6. The van der Waals surface area contributed by atoms with Gasteiger partial charge in [0.25, 0.3) is 0 Å². The van der Waals surface area contributed by atoms with Crippen molar-refractivity contribution in [1.82, 2.24) is 0 Å². The number of carbonyl (C=O) groups excluding carboxylic acids is 2. The molecule has 0 aliphatic rings. The fourth-order valence-electron chi connectivity index (χ4n) is 1.28. The summed E-state index contributed by atoms with van der Waals surface area (Å²) in [4.78, 5) is 51.4. The molecule has 9 nitrogen and oxygen atoms in total. The zero-order valence-corrected chi connectivity index (χ0v) is 13.0. The second-order valence-corrected chi connectivity index (χ2v) is 3.92. The number of benzene rings is 1. The summed E-state index contributed by atoms with van der Waals surface area (Å²) in [6, 6.07) is 4.56. The Morgan fingerprint density at radius 2 is 1.52 bits per heavy atom. The van der Waals surface area contributed by atoms with E-state index in [1.807, 2.05) is 0 Å². The van der Waals surface area contributed by atoms with Gasteiger partial charge in [-0.2, -0.15) is 5.26 Å². The van der Waals surface area contributed by atoms with Crippen LogP contribution >= 0.6 is 0 Å². The van der Waals surface area contributed by atoms with E-state index in [4.69, 9.17) is 20.6 Å². The molecule has 1 aromatic carbocycles. The Kier molecular flexibility index (Phi) is 11.9. The molecule has 0 fully saturated rings. The Hall–Kier alpha value is -3.80. The van der Waals surface area contributed by atoms with E-state index >= 15 is 0 Å². The fourth-order valence-corrected chi connectivity index (χ4v) is 1.28. The van der Waals surface area contributed by atoms with E-state index in [0.717, 1.165) is 18.2 Å². The summed E-state index contributed by atoms with van der Waals surface area (Å²) in [5.41, 5.74) is -1.24. The number of carboxylic acid groups (broad SMARTS) is 3. The van der Waals surface area contributed by atoms with E-state index in [9.17, 15) is 24.0 Å². The number of aldehydes is 1. The molecule has 0 heterocycles. The number of carboxylic acids is 3. The van der Waals surface area contributed by atoms with Crippen molar-refractivity contribution < 1.29 is 39.3 Å². The standard InChI is InChI=1S/C9H6O6.C5H5NO2.C2H4/c10-7(11)4-1-2-5(8(12)13)6(3-4)9(14)15;6-3-1-2-5(8)4-7;1-2/h1-3H,(H,10,11)(H,12,13)(H,14,15);4H,1-2H2;1-2H2. The summed E-state index contributed by atoms with van der Waals surface area (Å²) < 4.78 is 0. The quantitative estimate of drug-likeness (QED) is 0.392. The smallest absolute Gasteiger partial charge is 0.336 e. The largest absolute Gasteiger partial charge is 0.478 e. The fraction of sp³-hybridized carbons (Fsp3) is 0.125. The van der Waals surface area contributed by atoms with Gasteiger partial charge < -0.3 is 15.3 Å². The first-order chi connectivity index (χ1) is 11.7. The first kappa shape index (κ1) is 23.5. The summed E-state index contributed by atoms with van der Waals surface area (Å²) >= 11 is 0. The van der Waals surface area contributed by atoms with Gasteiger partial charge in [-0.15, -0.1) is 13.2 Å². The predicted molar refractivity (Wildman–Crippen MR) is 84.5 cm³/mol. The molecule has 0 aliphatic carbocycles. The number of ketones is 1. The molecule has 0 saturated carbocycles. The molecule has 0 atom stereocenters. The summed E-state index contributed by atoms with van der Waals surface area (Å²) in [7, 11) is 0. The molecule has 3 N–H and O–H groups in total. The van der Waals surface area contributed by atoms with E-state index in [0.29, 0.717) is 0 Å². The maximum atomic E-state index is 10.6. The normalized spacial score (nSPS) is 8.28. The molecule has 0 unspecified atom stereocenters. The van der Waals surface area contributed by atoms with E-state index in [1.165, 1.54) is 0 Å². The molecular weight excluding hydrogens is 334 g/mol. The number of hydrogen-bond donors (Lipinski definition) is 3. The van der Waals surface area contributed by atoms with Gasteiger partial charge in [-0.3, -0.25) is 9.59 Å². The Balaban J connectivity index is 0. The number of hydrogen-bond acceptors (Lipinski definition) is 6. The van der Waals surface area contributed by atoms with Gasteiger partial charge in [0.15, 0.2) is 12.1 Å². The van der Waals surface area contributed by atoms with Gasteiger partial charge in [-0.05, 0) is 18.2 Å². The van der Waals surface area contributed by atoms with Gasteiger partial charge in [0.1, 0.15) is 0 Å². The summed E-state index contributed by atoms with van der Waals surface area (Å²) in [5.74, 6) is -4.71. The zero-order chi connectivity index (χ0) is 20.0. The average Bonchev–Trinajstić information content (AvgIpc) is 2.61. The molecule has 0 amide bonds. The molecular formula is C16H15NO8. The Labute approximate surface area is 142 Å². The van der Waals surface area contributed by atoms with E-state index in [2.05, 4.69) is 13.2 Å². The number of aromatic carboxylic acids is 3. The van der Waals surface area contributed by atoms with Crippen molar-refractivity contribution in [2.75, 3.05) is 0 Å². The van der Waals surface area contributed by atoms with Crippen molar-refractivity contribution >= 4 is 30.0 Å². The van der Waals surface area contributed by atoms with Crippen LogP contribution in [0.5, 0.6) is 0 Å². The highest BCUT2D eigenvalue weighted by Gasteiger charge is 2.17. The number of carbonyl (C=O) groups is 5. The highest BCUT2D eigenvalue weighted by atomic mass is 16.4. The van der Waals surface area contributed by atoms with Gasteiger partial charge >= 0.3 is 17.9 Å². The minimum absolute atomic E-state index is 0.0556. The second-order valence-electron chi connectivity index (χ2n) is 3.92. The Morgan fingerprint density at radius 3 is 1.88 bits per heavy atom. The molecule has 9 heteroatoms. The molecule has 1 aromatic rings. The van der Waals surface area contributed by atoms with Crippen LogP contribution in [-0.2, 0) is 9.59 Å². The molecule has 0 bridgehead atoms. The zero-order valence-electron chi connectivity index (χ0n) is 13.0. The van der Waals surface area contributed by atoms with Crippen LogP contribution in [-0.4, -0.2) is 45.3 Å². The third-order valence-electron chi connectivity index (χ3n) is 2.34. The van der Waals surface area contributed by atoms with E-state index in [1.54, 1.807) is 6.07 Å². The van der Waals surface area contributed by atoms with Crippen LogP contribution in [0.4, 0.5) is 0 Å². The third kappa shape index (κ3) is 9.04. The molecule has 0 aromatic heterocycles. The average molecular weight is 349 g/mol. The molecule has 25 heavy (non-hydrogen) atoms. The molecule has 0 spiro atoms. The lowest BCUT2D eigenvalue weighted by Crippen LogP contribution is -2.10. The number of nitrogens with zero attached hydrogens (tertiary/aromatic N) is 1. The van der Waals surface area contributed by atoms with Crippen LogP contribution in [0.3, 0.4) is 0 Å². The maximum Gasteiger partial charge on any atom is 0.336 e. The van der Waals surface area contributed by atoms with Gasteiger partial charge in [-0.25, -0.2) is 14.4 Å². The second kappa shape index (κ2) is 12.7. The molecule has 132 valence electrons. The van der Waals surface area contributed by atoms with Gasteiger partial charge in [0, 0.05) is 12.8 Å². The lowest BCUT2D eigenvalue weighted by Gasteiger charge is -2.02. The van der Waals surface area contributed by atoms with Crippen LogP contribution < -0.4 is 0 Å². The number of nitriles is 1. The van der Waals surface area contributed by atoms with Crippen LogP contribution in [0, 0.1) is 11.3 Å². The van der Waals surface area contributed by atoms with Crippen LogP contribution in [0.25, 0.3) is 0 Å². The highest BCUT2D eigenvalue weighted by Crippen LogP contribution is 2.12. The SMILES string of the molecule is C=C.N#CCCC(=O)C=O.O=C(O)c1ccc(C(=O)O)c(C(=O)O)c1. The Morgan fingerprint density at radius 1 is 1.00 bits per heavy atom. The van der Waals surface area contributed by atoms with E-state index in [-0.39, 0.29) is 24.7 Å². The molecule has 1 rings (SSSR count). The minimum Gasteiger partial charge on any atom is -0.478 e. The van der Waals surface area contributed by atoms with Crippen molar-refractivity contribution in [2.45, 2.75) is 12.8 Å². The Bertz CT molecular complexity index is 703.